The van der Waals surface area contributed by atoms with Gasteiger partial charge in [-0.25, -0.2) is 9.97 Å². The van der Waals surface area contributed by atoms with Gasteiger partial charge < -0.3 is 5.32 Å². The van der Waals surface area contributed by atoms with E-state index in [0.29, 0.717) is 0 Å². The molecule has 0 aliphatic carbocycles. The summed E-state index contributed by atoms with van der Waals surface area (Å²) in [5.74, 6) is 2.46. The molecular formula is C15H18N6S. The van der Waals surface area contributed by atoms with Crippen LogP contribution in [0.15, 0.2) is 11.4 Å². The molecule has 1 aliphatic heterocycles. The maximum atomic E-state index is 4.55. The number of aromatic amines is 1. The summed E-state index contributed by atoms with van der Waals surface area (Å²) in [6.45, 7) is 7.19. The highest BCUT2D eigenvalue weighted by atomic mass is 32.1. The van der Waals surface area contributed by atoms with E-state index < -0.39 is 0 Å². The fourth-order valence-corrected chi connectivity index (χ4v) is 3.71. The topological polar surface area (TPSA) is 69.7 Å². The van der Waals surface area contributed by atoms with Crippen molar-refractivity contribution in [3.63, 3.8) is 0 Å². The van der Waals surface area contributed by atoms with Gasteiger partial charge in [0.2, 0.25) is 0 Å². The van der Waals surface area contributed by atoms with Gasteiger partial charge in [0.1, 0.15) is 5.82 Å². The molecule has 0 aromatic carbocycles. The quantitative estimate of drug-likeness (QED) is 0.760. The molecule has 0 fully saturated rings. The summed E-state index contributed by atoms with van der Waals surface area (Å²) in [5.41, 5.74) is 3.34. The number of aromatic nitrogens is 4. The highest BCUT2D eigenvalue weighted by molar-refractivity contribution is 7.17. The second-order valence-corrected chi connectivity index (χ2v) is 7.14. The Morgan fingerprint density at radius 2 is 2.14 bits per heavy atom. The molecular weight excluding hydrogens is 296 g/mol. The van der Waals surface area contributed by atoms with Crippen LogP contribution in [-0.2, 0) is 12.1 Å². The smallest absolute Gasteiger partial charge is 0.158 e. The lowest BCUT2D eigenvalue weighted by molar-refractivity contribution is 0.173. The van der Waals surface area contributed by atoms with Gasteiger partial charge in [0.05, 0.1) is 21.4 Å². The Morgan fingerprint density at radius 1 is 1.32 bits per heavy atom. The summed E-state index contributed by atoms with van der Waals surface area (Å²) in [5, 5.41) is 13.1. The molecule has 0 bridgehead atoms. The Bertz CT molecular complexity index is 862. The summed E-state index contributed by atoms with van der Waals surface area (Å²) in [6, 6.07) is 2.02. The van der Waals surface area contributed by atoms with Crippen molar-refractivity contribution in [3.05, 3.63) is 28.5 Å². The van der Waals surface area contributed by atoms with Crippen LogP contribution in [0.2, 0.25) is 0 Å². The molecule has 22 heavy (non-hydrogen) atoms. The van der Waals surface area contributed by atoms with Gasteiger partial charge in [-0.05, 0) is 39.3 Å². The van der Waals surface area contributed by atoms with Crippen LogP contribution in [0.1, 0.15) is 30.9 Å². The van der Waals surface area contributed by atoms with Crippen LogP contribution in [0.3, 0.4) is 0 Å². The summed E-state index contributed by atoms with van der Waals surface area (Å²) in [6.07, 6.45) is 0. The summed E-state index contributed by atoms with van der Waals surface area (Å²) in [4.78, 5) is 11.3. The third kappa shape index (κ3) is 1.85. The highest BCUT2D eigenvalue weighted by Crippen LogP contribution is 2.40. The van der Waals surface area contributed by atoms with E-state index >= 15 is 0 Å². The minimum atomic E-state index is -0.0257. The van der Waals surface area contributed by atoms with Crippen molar-refractivity contribution in [1.29, 1.82) is 0 Å². The number of nitrogens with one attached hydrogen (secondary N) is 2. The first kappa shape index (κ1) is 13.7. The normalized spacial score (nSPS) is 17.1. The SMILES string of the molecule is Cc1nc(Nc2n[nH]c3c2CN(C)C3(C)C)c2sccc2n1. The van der Waals surface area contributed by atoms with Crippen LogP contribution < -0.4 is 5.32 Å². The molecule has 0 unspecified atom stereocenters. The predicted molar refractivity (Wildman–Crippen MR) is 88.5 cm³/mol. The van der Waals surface area contributed by atoms with Gasteiger partial charge in [-0.15, -0.1) is 11.3 Å². The average Bonchev–Trinajstić information content (AvgIpc) is 3.10. The lowest BCUT2D eigenvalue weighted by Crippen LogP contribution is -2.32. The molecule has 4 rings (SSSR count). The third-order valence-electron chi connectivity index (χ3n) is 4.48. The minimum absolute atomic E-state index is 0.0257. The molecule has 6 nitrogen and oxygen atoms in total. The Balaban J connectivity index is 1.78. The zero-order chi connectivity index (χ0) is 15.5. The first-order valence-electron chi connectivity index (χ1n) is 7.24. The van der Waals surface area contributed by atoms with Crippen molar-refractivity contribution in [1.82, 2.24) is 25.1 Å². The maximum absolute atomic E-state index is 4.55. The fourth-order valence-electron chi connectivity index (χ4n) is 2.93. The van der Waals surface area contributed by atoms with Gasteiger partial charge in [-0.1, -0.05) is 0 Å². The largest absolute Gasteiger partial charge is 0.322 e. The van der Waals surface area contributed by atoms with E-state index in [1.165, 1.54) is 11.3 Å². The second kappa shape index (κ2) is 4.50. The standard InChI is InChI=1S/C15H18N6S/c1-8-16-10-5-6-22-11(10)14(17-8)18-13-9-7-21(4)15(2,3)12(9)19-20-13/h5-6H,7H2,1-4H3,(H2,16,17,18,19,20). The molecule has 0 atom stereocenters. The van der Waals surface area contributed by atoms with E-state index in [1.54, 1.807) is 11.3 Å². The van der Waals surface area contributed by atoms with Crippen LogP contribution >= 0.6 is 11.3 Å². The zero-order valence-electron chi connectivity index (χ0n) is 13.1. The van der Waals surface area contributed by atoms with Gasteiger partial charge >= 0.3 is 0 Å². The van der Waals surface area contributed by atoms with Crippen LogP contribution in [0, 0.1) is 6.92 Å². The number of thiophene rings is 1. The first-order chi connectivity index (χ1) is 10.5. The number of fused-ring (bicyclic) bond motifs is 2. The van der Waals surface area contributed by atoms with E-state index in [4.69, 9.17) is 0 Å². The molecule has 0 spiro atoms. The number of H-pyrrole nitrogens is 1. The Morgan fingerprint density at radius 3 is 2.95 bits per heavy atom. The van der Waals surface area contributed by atoms with Crippen LogP contribution in [0.25, 0.3) is 10.2 Å². The molecule has 0 amide bonds. The number of anilines is 2. The molecule has 4 heterocycles. The number of nitrogens with zero attached hydrogens (tertiary/aromatic N) is 4. The van der Waals surface area contributed by atoms with Crippen molar-refractivity contribution >= 4 is 33.2 Å². The second-order valence-electron chi connectivity index (χ2n) is 6.22. The van der Waals surface area contributed by atoms with E-state index in [1.807, 2.05) is 18.4 Å². The van der Waals surface area contributed by atoms with Gasteiger partial charge in [-0.2, -0.15) is 5.10 Å². The summed E-state index contributed by atoms with van der Waals surface area (Å²) in [7, 11) is 2.13. The van der Waals surface area contributed by atoms with Crippen LogP contribution in [0.4, 0.5) is 11.6 Å². The number of rotatable bonds is 2. The summed E-state index contributed by atoms with van der Waals surface area (Å²) >= 11 is 1.64. The molecule has 3 aromatic rings. The van der Waals surface area contributed by atoms with E-state index in [2.05, 4.69) is 51.3 Å². The van der Waals surface area contributed by atoms with E-state index in [9.17, 15) is 0 Å². The van der Waals surface area contributed by atoms with Gasteiger partial charge in [0, 0.05) is 12.1 Å². The van der Waals surface area contributed by atoms with Crippen molar-refractivity contribution in [2.24, 2.45) is 0 Å². The average molecular weight is 314 g/mol. The van der Waals surface area contributed by atoms with Gasteiger partial charge in [0.15, 0.2) is 11.6 Å². The van der Waals surface area contributed by atoms with Crippen molar-refractivity contribution in [3.8, 4) is 0 Å². The Labute approximate surface area is 132 Å². The molecule has 0 saturated carbocycles. The number of hydrogen-bond donors (Lipinski definition) is 2. The minimum Gasteiger partial charge on any atom is -0.322 e. The fraction of sp³-hybridized carbons (Fsp3) is 0.400. The van der Waals surface area contributed by atoms with Crippen molar-refractivity contribution in [2.75, 3.05) is 12.4 Å². The lowest BCUT2D eigenvalue weighted by Gasteiger charge is -2.27. The summed E-state index contributed by atoms with van der Waals surface area (Å²) < 4.78 is 1.06. The third-order valence-corrected chi connectivity index (χ3v) is 5.39. The van der Waals surface area contributed by atoms with Crippen molar-refractivity contribution in [2.45, 2.75) is 32.9 Å². The van der Waals surface area contributed by atoms with E-state index in [-0.39, 0.29) is 5.54 Å². The molecule has 7 heteroatoms. The monoisotopic (exact) mass is 314 g/mol. The zero-order valence-corrected chi connectivity index (χ0v) is 13.9. The van der Waals surface area contributed by atoms with Gasteiger partial charge in [0.25, 0.3) is 0 Å². The Hall–Kier alpha value is -1.99. The Kier molecular flexibility index (Phi) is 2.79. The van der Waals surface area contributed by atoms with Crippen LogP contribution in [-0.4, -0.2) is 32.1 Å². The molecule has 0 radical (unpaired) electrons. The van der Waals surface area contributed by atoms with Crippen LogP contribution in [0.5, 0.6) is 0 Å². The van der Waals surface area contributed by atoms with Crippen molar-refractivity contribution < 1.29 is 0 Å². The molecule has 1 aliphatic rings. The molecule has 114 valence electrons. The first-order valence-corrected chi connectivity index (χ1v) is 8.12. The lowest BCUT2D eigenvalue weighted by atomic mass is 10.0. The molecule has 3 aromatic heterocycles. The maximum Gasteiger partial charge on any atom is 0.158 e. The highest BCUT2D eigenvalue weighted by Gasteiger charge is 2.38. The number of hydrogen-bond acceptors (Lipinski definition) is 6. The molecule has 2 N–H and O–H groups in total. The number of aryl methyl sites for hydroxylation is 1. The molecule has 0 saturated heterocycles. The van der Waals surface area contributed by atoms with E-state index in [0.717, 1.165) is 34.2 Å². The predicted octanol–water partition coefficient (Wildman–Crippen LogP) is 3.15. The van der Waals surface area contributed by atoms with Gasteiger partial charge in [-0.3, -0.25) is 10.00 Å².